The third-order valence-electron chi connectivity index (χ3n) is 4.52. The molecule has 0 saturated carbocycles. The molecule has 0 atom stereocenters. The normalized spacial score (nSPS) is 10.3. The molecule has 7 nitrogen and oxygen atoms in total. The number of rotatable bonds is 8. The lowest BCUT2D eigenvalue weighted by Gasteiger charge is -2.10. The Kier molecular flexibility index (Phi) is 6.63. The fraction of sp³-hybridized carbons (Fsp3) is 0.227. The number of hydrogen-bond donors (Lipinski definition) is 2. The Hall–Kier alpha value is -3.61. The number of ether oxygens (including phenoxy) is 2. The van der Waals surface area contributed by atoms with Crippen LogP contribution in [0.3, 0.4) is 0 Å². The lowest BCUT2D eigenvalue weighted by atomic mass is 10.1. The van der Waals surface area contributed by atoms with Gasteiger partial charge >= 0.3 is 0 Å². The first kappa shape index (κ1) is 20.1. The van der Waals surface area contributed by atoms with Crippen LogP contribution in [0, 0.1) is 6.92 Å². The standard InChI is InChI=1S/C22H24N4O3/c1-15-6-4-5-7-17(15)14-23-21-11-9-18(25-26-21)22(27)24-13-16-8-10-19(28-2)20(12-16)29-3/h4-12H,13-14H2,1-3H3,(H,23,26)(H,24,27). The Morgan fingerprint density at radius 1 is 0.931 bits per heavy atom. The zero-order valence-corrected chi connectivity index (χ0v) is 16.7. The van der Waals surface area contributed by atoms with Gasteiger partial charge in [0.05, 0.1) is 14.2 Å². The van der Waals surface area contributed by atoms with Crippen LogP contribution in [0.15, 0.2) is 54.6 Å². The van der Waals surface area contributed by atoms with E-state index in [1.54, 1.807) is 32.4 Å². The number of benzene rings is 2. The maximum atomic E-state index is 12.3. The molecular weight excluding hydrogens is 368 g/mol. The summed E-state index contributed by atoms with van der Waals surface area (Å²) in [5.74, 6) is 1.58. The molecule has 0 aliphatic heterocycles. The quantitative estimate of drug-likeness (QED) is 0.612. The molecule has 0 fully saturated rings. The van der Waals surface area contributed by atoms with Gasteiger partial charge in [-0.1, -0.05) is 30.3 Å². The topological polar surface area (TPSA) is 85.4 Å². The smallest absolute Gasteiger partial charge is 0.272 e. The van der Waals surface area contributed by atoms with E-state index in [1.807, 2.05) is 24.3 Å². The van der Waals surface area contributed by atoms with Crippen LogP contribution in [0.4, 0.5) is 5.82 Å². The fourth-order valence-corrected chi connectivity index (χ4v) is 2.81. The van der Waals surface area contributed by atoms with Crippen molar-refractivity contribution in [2.24, 2.45) is 0 Å². The van der Waals surface area contributed by atoms with Crippen molar-refractivity contribution in [2.45, 2.75) is 20.0 Å². The summed E-state index contributed by atoms with van der Waals surface area (Å²) in [5, 5.41) is 14.2. The van der Waals surface area contributed by atoms with Gasteiger partial charge in [0.15, 0.2) is 17.2 Å². The maximum Gasteiger partial charge on any atom is 0.272 e. The number of amides is 1. The van der Waals surface area contributed by atoms with Crippen LogP contribution >= 0.6 is 0 Å². The molecular formula is C22H24N4O3. The van der Waals surface area contributed by atoms with E-state index in [9.17, 15) is 4.79 Å². The molecule has 150 valence electrons. The highest BCUT2D eigenvalue weighted by Crippen LogP contribution is 2.27. The number of carbonyl (C=O) groups is 1. The van der Waals surface area contributed by atoms with Crippen LogP contribution < -0.4 is 20.1 Å². The van der Waals surface area contributed by atoms with Crippen molar-refractivity contribution in [3.63, 3.8) is 0 Å². The highest BCUT2D eigenvalue weighted by molar-refractivity contribution is 5.92. The predicted octanol–water partition coefficient (Wildman–Crippen LogP) is 3.34. The Morgan fingerprint density at radius 2 is 1.72 bits per heavy atom. The predicted molar refractivity (Wildman–Crippen MR) is 111 cm³/mol. The summed E-state index contributed by atoms with van der Waals surface area (Å²) in [4.78, 5) is 12.3. The lowest BCUT2D eigenvalue weighted by Crippen LogP contribution is -2.24. The molecule has 3 aromatic rings. The number of nitrogens with one attached hydrogen (secondary N) is 2. The Labute approximate surface area is 170 Å². The van der Waals surface area contributed by atoms with Crippen molar-refractivity contribution < 1.29 is 14.3 Å². The summed E-state index contributed by atoms with van der Waals surface area (Å²) < 4.78 is 10.5. The van der Waals surface area contributed by atoms with Crippen molar-refractivity contribution in [1.82, 2.24) is 15.5 Å². The lowest BCUT2D eigenvalue weighted by molar-refractivity contribution is 0.0945. The minimum atomic E-state index is -0.294. The molecule has 29 heavy (non-hydrogen) atoms. The number of methoxy groups -OCH3 is 2. The SMILES string of the molecule is COc1ccc(CNC(=O)c2ccc(NCc3ccccc3C)nn2)cc1OC. The first-order valence-electron chi connectivity index (χ1n) is 9.22. The second kappa shape index (κ2) is 9.54. The van der Waals surface area contributed by atoms with Crippen LogP contribution in [0.2, 0.25) is 0 Å². The fourth-order valence-electron chi connectivity index (χ4n) is 2.81. The van der Waals surface area contributed by atoms with Crippen molar-refractivity contribution in [3.8, 4) is 11.5 Å². The number of aromatic nitrogens is 2. The molecule has 2 N–H and O–H groups in total. The summed E-state index contributed by atoms with van der Waals surface area (Å²) in [6.45, 7) is 3.05. The van der Waals surface area contributed by atoms with Gasteiger partial charge in [0.2, 0.25) is 0 Å². The highest BCUT2D eigenvalue weighted by atomic mass is 16.5. The average Bonchev–Trinajstić information content (AvgIpc) is 2.77. The molecule has 3 rings (SSSR count). The van der Waals surface area contributed by atoms with Gasteiger partial charge in [-0.3, -0.25) is 4.79 Å². The summed E-state index contributed by atoms with van der Waals surface area (Å²) in [6.07, 6.45) is 0. The Balaban J connectivity index is 1.55. The molecule has 0 aliphatic carbocycles. The molecule has 0 radical (unpaired) electrons. The van der Waals surface area contributed by atoms with E-state index >= 15 is 0 Å². The van der Waals surface area contributed by atoms with Gasteiger partial charge in [-0.05, 0) is 47.9 Å². The first-order valence-corrected chi connectivity index (χ1v) is 9.22. The van der Waals surface area contributed by atoms with Gasteiger partial charge in [-0.2, -0.15) is 0 Å². The molecule has 0 spiro atoms. The maximum absolute atomic E-state index is 12.3. The van der Waals surface area contributed by atoms with E-state index in [4.69, 9.17) is 9.47 Å². The van der Waals surface area contributed by atoms with Crippen LogP contribution in [-0.2, 0) is 13.1 Å². The molecule has 2 aromatic carbocycles. The number of anilines is 1. The molecule has 0 bridgehead atoms. The second-order valence-corrected chi connectivity index (χ2v) is 6.46. The molecule has 1 amide bonds. The van der Waals surface area contributed by atoms with E-state index in [0.717, 1.165) is 5.56 Å². The molecule has 0 aliphatic rings. The van der Waals surface area contributed by atoms with Crippen molar-refractivity contribution in [3.05, 3.63) is 77.0 Å². The van der Waals surface area contributed by atoms with Gasteiger partial charge in [0, 0.05) is 13.1 Å². The largest absolute Gasteiger partial charge is 0.493 e. The van der Waals surface area contributed by atoms with Gasteiger partial charge in [0.1, 0.15) is 5.82 Å². The first-order chi connectivity index (χ1) is 14.1. The van der Waals surface area contributed by atoms with Crippen LogP contribution in [-0.4, -0.2) is 30.3 Å². The number of nitrogens with zero attached hydrogens (tertiary/aromatic N) is 2. The van der Waals surface area contributed by atoms with E-state index in [2.05, 4.69) is 39.9 Å². The Morgan fingerprint density at radius 3 is 2.41 bits per heavy atom. The summed E-state index contributed by atoms with van der Waals surface area (Å²) >= 11 is 0. The summed E-state index contributed by atoms with van der Waals surface area (Å²) in [5.41, 5.74) is 3.54. The number of carbonyl (C=O) groups excluding carboxylic acids is 1. The van der Waals surface area contributed by atoms with Gasteiger partial charge in [-0.15, -0.1) is 10.2 Å². The minimum absolute atomic E-state index is 0.256. The van der Waals surface area contributed by atoms with Gasteiger partial charge < -0.3 is 20.1 Å². The summed E-state index contributed by atoms with van der Waals surface area (Å²) in [7, 11) is 3.15. The molecule has 0 saturated heterocycles. The van der Waals surface area contributed by atoms with E-state index in [-0.39, 0.29) is 11.6 Å². The van der Waals surface area contributed by atoms with Gasteiger partial charge in [0.25, 0.3) is 5.91 Å². The van der Waals surface area contributed by atoms with Crippen molar-refractivity contribution in [2.75, 3.05) is 19.5 Å². The third-order valence-corrected chi connectivity index (χ3v) is 4.52. The van der Waals surface area contributed by atoms with Crippen molar-refractivity contribution >= 4 is 11.7 Å². The second-order valence-electron chi connectivity index (χ2n) is 6.46. The van der Waals surface area contributed by atoms with Gasteiger partial charge in [-0.25, -0.2) is 0 Å². The molecule has 0 unspecified atom stereocenters. The zero-order chi connectivity index (χ0) is 20.6. The third kappa shape index (κ3) is 5.22. The van der Waals surface area contributed by atoms with E-state index < -0.39 is 0 Å². The van der Waals surface area contributed by atoms with Crippen molar-refractivity contribution in [1.29, 1.82) is 0 Å². The Bertz CT molecular complexity index is 974. The number of aryl methyl sites for hydroxylation is 1. The molecule has 7 heteroatoms. The van der Waals surface area contributed by atoms with E-state index in [0.29, 0.717) is 30.4 Å². The average molecular weight is 392 g/mol. The monoisotopic (exact) mass is 392 g/mol. The number of hydrogen-bond acceptors (Lipinski definition) is 6. The van der Waals surface area contributed by atoms with Crippen LogP contribution in [0.1, 0.15) is 27.2 Å². The highest BCUT2D eigenvalue weighted by Gasteiger charge is 2.10. The minimum Gasteiger partial charge on any atom is -0.493 e. The summed E-state index contributed by atoms with van der Waals surface area (Å²) in [6, 6.07) is 17.0. The van der Waals surface area contributed by atoms with Crippen LogP contribution in [0.25, 0.3) is 0 Å². The zero-order valence-electron chi connectivity index (χ0n) is 16.7. The van der Waals surface area contributed by atoms with Crippen LogP contribution in [0.5, 0.6) is 11.5 Å². The molecule has 1 aromatic heterocycles. The van der Waals surface area contributed by atoms with E-state index in [1.165, 1.54) is 11.1 Å². The molecule has 1 heterocycles.